The topological polar surface area (TPSA) is 86.9 Å². The van der Waals surface area contributed by atoms with Crippen LogP contribution in [0, 0.1) is 23.6 Å². The molecule has 1 aromatic heterocycles. The minimum atomic E-state index is -0.462. The van der Waals surface area contributed by atoms with Crippen molar-refractivity contribution in [3.8, 4) is 5.75 Å². The highest BCUT2D eigenvalue weighted by Gasteiger charge is 2.43. The monoisotopic (exact) mass is 447 g/mol. The highest BCUT2D eigenvalue weighted by Crippen LogP contribution is 2.49. The number of carbonyl (C=O) groups is 1. The molecule has 0 spiro atoms. The van der Waals surface area contributed by atoms with Gasteiger partial charge in [-0.15, -0.1) is 0 Å². The van der Waals surface area contributed by atoms with Crippen LogP contribution < -0.4 is 9.64 Å². The lowest BCUT2D eigenvalue weighted by molar-refractivity contribution is -0.139. The molecule has 2 unspecified atom stereocenters. The lowest BCUT2D eigenvalue weighted by Crippen LogP contribution is -2.34. The highest BCUT2D eigenvalue weighted by atomic mass is 19.1. The van der Waals surface area contributed by atoms with Gasteiger partial charge in [0.1, 0.15) is 18.2 Å². The zero-order chi connectivity index (χ0) is 22.5. The summed E-state index contributed by atoms with van der Waals surface area (Å²) in [5, 5.41) is 3.93. The lowest BCUT2D eigenvalue weighted by atomic mass is 9.90. The second kappa shape index (κ2) is 10.3. The van der Waals surface area contributed by atoms with Crippen LogP contribution in [0.5, 0.6) is 5.75 Å². The van der Waals surface area contributed by atoms with Gasteiger partial charge >= 0.3 is 12.0 Å². The number of piperidine rings is 1. The normalized spacial score (nSPS) is 20.9. The Morgan fingerprint density at radius 2 is 2.09 bits per heavy atom. The second-order valence-electron chi connectivity index (χ2n) is 8.55. The summed E-state index contributed by atoms with van der Waals surface area (Å²) in [4.78, 5) is 17.8. The van der Waals surface area contributed by atoms with Crippen LogP contribution in [0.25, 0.3) is 0 Å². The predicted octanol–water partition coefficient (Wildman–Crippen LogP) is 3.39. The van der Waals surface area contributed by atoms with Crippen molar-refractivity contribution in [2.75, 3.05) is 38.8 Å². The van der Waals surface area contributed by atoms with E-state index in [0.717, 1.165) is 38.3 Å². The number of halogens is 1. The van der Waals surface area contributed by atoms with Crippen molar-refractivity contribution >= 4 is 12.0 Å². The third-order valence-electron chi connectivity index (χ3n) is 6.47. The largest absolute Gasteiger partial charge is 0.493 e. The molecule has 1 aliphatic heterocycles. The standard InChI is InChI=1S/C23H30FN3O5/c1-29-14-21-25-23(32-26-21)27-8-5-15(6-9-27)19-11-16(19)7-10-31-18-4-3-17(20(24)13-18)12-22(28)30-2/h3-4,13,15-16,19H,5-12,14H2,1-2H3. The summed E-state index contributed by atoms with van der Waals surface area (Å²) in [6.07, 6.45) is 4.37. The molecule has 174 valence electrons. The Morgan fingerprint density at radius 3 is 2.81 bits per heavy atom. The Labute approximate surface area is 187 Å². The van der Waals surface area contributed by atoms with E-state index in [4.69, 9.17) is 14.0 Å². The van der Waals surface area contributed by atoms with Crippen molar-refractivity contribution in [1.82, 2.24) is 10.1 Å². The van der Waals surface area contributed by atoms with Gasteiger partial charge in [-0.3, -0.25) is 4.79 Å². The van der Waals surface area contributed by atoms with E-state index in [1.54, 1.807) is 19.2 Å². The molecule has 1 aliphatic carbocycles. The number of hydrogen-bond acceptors (Lipinski definition) is 8. The minimum absolute atomic E-state index is 0.0774. The SMILES string of the molecule is COCc1noc(N2CCC(C3CC3CCOc3ccc(CC(=O)OC)c(F)c3)CC2)n1. The van der Waals surface area contributed by atoms with Gasteiger partial charge in [0.15, 0.2) is 5.82 Å². The van der Waals surface area contributed by atoms with E-state index in [1.807, 2.05) is 0 Å². The third kappa shape index (κ3) is 5.56. The molecule has 8 nitrogen and oxygen atoms in total. The highest BCUT2D eigenvalue weighted by molar-refractivity contribution is 5.72. The van der Waals surface area contributed by atoms with Crippen LogP contribution in [0.3, 0.4) is 0 Å². The fraction of sp³-hybridized carbons (Fsp3) is 0.609. The molecule has 4 rings (SSSR count). The van der Waals surface area contributed by atoms with E-state index >= 15 is 0 Å². The molecule has 2 aliphatic rings. The van der Waals surface area contributed by atoms with Crippen LogP contribution in [0.4, 0.5) is 10.4 Å². The van der Waals surface area contributed by atoms with Crippen LogP contribution in [0.1, 0.15) is 37.1 Å². The molecular formula is C23H30FN3O5. The Kier molecular flexibility index (Phi) is 7.24. The van der Waals surface area contributed by atoms with Crippen molar-refractivity contribution in [1.29, 1.82) is 0 Å². The Hall–Kier alpha value is -2.68. The van der Waals surface area contributed by atoms with Crippen LogP contribution in [-0.4, -0.2) is 50.0 Å². The smallest absolute Gasteiger partial charge is 0.324 e. The number of ether oxygens (including phenoxy) is 3. The molecule has 0 radical (unpaired) electrons. The zero-order valence-corrected chi connectivity index (χ0v) is 18.6. The van der Waals surface area contributed by atoms with Crippen LogP contribution >= 0.6 is 0 Å². The Balaban J connectivity index is 1.16. The number of rotatable bonds is 10. The Morgan fingerprint density at radius 1 is 1.28 bits per heavy atom. The van der Waals surface area contributed by atoms with Gasteiger partial charge in [0.05, 0.1) is 20.1 Å². The zero-order valence-electron chi connectivity index (χ0n) is 18.6. The molecule has 0 bridgehead atoms. The molecule has 2 fully saturated rings. The second-order valence-corrected chi connectivity index (χ2v) is 8.55. The van der Waals surface area contributed by atoms with E-state index in [1.165, 1.54) is 19.6 Å². The summed E-state index contributed by atoms with van der Waals surface area (Å²) in [6.45, 7) is 2.78. The molecule has 1 saturated carbocycles. The third-order valence-corrected chi connectivity index (χ3v) is 6.47. The predicted molar refractivity (Wildman–Crippen MR) is 114 cm³/mol. The van der Waals surface area contributed by atoms with Crippen LogP contribution in [0.2, 0.25) is 0 Å². The van der Waals surface area contributed by atoms with Gasteiger partial charge in [0.2, 0.25) is 0 Å². The van der Waals surface area contributed by atoms with Crippen molar-refractivity contribution in [3.63, 3.8) is 0 Å². The maximum absolute atomic E-state index is 14.1. The molecule has 32 heavy (non-hydrogen) atoms. The molecular weight excluding hydrogens is 417 g/mol. The summed E-state index contributed by atoms with van der Waals surface area (Å²) in [5.41, 5.74) is 0.313. The summed E-state index contributed by atoms with van der Waals surface area (Å²) >= 11 is 0. The molecule has 0 amide bonds. The van der Waals surface area contributed by atoms with Gasteiger partial charge in [0, 0.05) is 26.3 Å². The van der Waals surface area contributed by atoms with Crippen molar-refractivity contribution in [2.24, 2.45) is 17.8 Å². The van der Waals surface area contributed by atoms with E-state index in [0.29, 0.717) is 48.2 Å². The minimum Gasteiger partial charge on any atom is -0.493 e. The number of nitrogens with zero attached hydrogens (tertiary/aromatic N) is 3. The summed E-state index contributed by atoms with van der Waals surface area (Å²) in [5.74, 6) is 2.29. The molecule has 0 N–H and O–H groups in total. The first kappa shape index (κ1) is 22.5. The van der Waals surface area contributed by atoms with Crippen molar-refractivity contribution in [3.05, 3.63) is 35.4 Å². The maximum atomic E-state index is 14.1. The molecule has 2 aromatic rings. The van der Waals surface area contributed by atoms with E-state index < -0.39 is 11.8 Å². The van der Waals surface area contributed by atoms with Gasteiger partial charge in [-0.05, 0) is 55.1 Å². The molecule has 2 atom stereocenters. The fourth-order valence-electron chi connectivity index (χ4n) is 4.58. The van der Waals surface area contributed by atoms with Crippen molar-refractivity contribution < 1.29 is 27.9 Å². The lowest BCUT2D eigenvalue weighted by Gasteiger charge is -2.30. The molecule has 2 heterocycles. The number of benzene rings is 1. The molecule has 1 aromatic carbocycles. The average molecular weight is 448 g/mol. The number of hydrogen-bond donors (Lipinski definition) is 0. The van der Waals surface area contributed by atoms with Gasteiger partial charge in [0.25, 0.3) is 0 Å². The first-order valence-electron chi connectivity index (χ1n) is 11.1. The molecule has 9 heteroatoms. The van der Waals surface area contributed by atoms with Gasteiger partial charge in [-0.2, -0.15) is 4.98 Å². The Bertz CT molecular complexity index is 913. The van der Waals surface area contributed by atoms with Crippen LogP contribution in [-0.2, 0) is 27.3 Å². The summed E-state index contributed by atoms with van der Waals surface area (Å²) in [7, 11) is 2.90. The van der Waals surface area contributed by atoms with Crippen molar-refractivity contribution in [2.45, 2.75) is 38.7 Å². The number of anilines is 1. The van der Waals surface area contributed by atoms with Gasteiger partial charge in [-0.25, -0.2) is 4.39 Å². The van der Waals surface area contributed by atoms with Gasteiger partial charge < -0.3 is 23.6 Å². The first-order valence-corrected chi connectivity index (χ1v) is 11.1. The molecule has 1 saturated heterocycles. The van der Waals surface area contributed by atoms with E-state index in [2.05, 4.69) is 19.8 Å². The number of methoxy groups -OCH3 is 2. The van der Waals surface area contributed by atoms with E-state index in [-0.39, 0.29) is 6.42 Å². The van der Waals surface area contributed by atoms with Crippen LogP contribution in [0.15, 0.2) is 22.7 Å². The first-order chi connectivity index (χ1) is 15.6. The number of carbonyl (C=O) groups excluding carboxylic acids is 1. The quantitative estimate of drug-likeness (QED) is 0.512. The van der Waals surface area contributed by atoms with Gasteiger partial charge in [-0.1, -0.05) is 11.2 Å². The summed E-state index contributed by atoms with van der Waals surface area (Å²) in [6, 6.07) is 5.21. The maximum Gasteiger partial charge on any atom is 0.324 e. The number of esters is 1. The summed E-state index contributed by atoms with van der Waals surface area (Å²) < 4.78 is 34.8. The number of aromatic nitrogens is 2. The average Bonchev–Trinajstić information content (AvgIpc) is 3.42. The van der Waals surface area contributed by atoms with E-state index in [9.17, 15) is 9.18 Å². The fourth-order valence-corrected chi connectivity index (χ4v) is 4.58.